The second-order valence-corrected chi connectivity index (χ2v) is 5.78. The summed E-state index contributed by atoms with van der Waals surface area (Å²) in [6, 6.07) is 2.43. The Morgan fingerprint density at radius 3 is 2.67 bits per heavy atom. The van der Waals surface area contributed by atoms with Gasteiger partial charge >= 0.3 is 0 Å². The number of thiocarbonyl (C=S) groups is 1. The molecule has 5 heteroatoms. The van der Waals surface area contributed by atoms with Crippen LogP contribution in [0.15, 0.2) is 6.07 Å². The zero-order chi connectivity index (χ0) is 13.3. The van der Waals surface area contributed by atoms with Gasteiger partial charge < -0.3 is 10.6 Å². The lowest BCUT2D eigenvalue weighted by Crippen LogP contribution is -2.32. The molecule has 4 nitrogen and oxygen atoms in total. The molecule has 2 N–H and O–H groups in total. The van der Waals surface area contributed by atoms with E-state index in [1.54, 1.807) is 0 Å². The molecular weight excluding hydrogens is 244 g/mol. The molecule has 2 rings (SSSR count). The van der Waals surface area contributed by atoms with Crippen molar-refractivity contribution in [2.24, 2.45) is 11.7 Å². The molecule has 1 aromatic rings. The van der Waals surface area contributed by atoms with Crippen molar-refractivity contribution in [1.82, 2.24) is 9.97 Å². The first-order valence-corrected chi connectivity index (χ1v) is 6.80. The fourth-order valence-electron chi connectivity index (χ4n) is 1.98. The number of aromatic nitrogens is 2. The van der Waals surface area contributed by atoms with Gasteiger partial charge in [0.2, 0.25) is 5.95 Å². The molecule has 18 heavy (non-hydrogen) atoms. The first-order chi connectivity index (χ1) is 8.47. The molecular formula is C13H20N4S. The van der Waals surface area contributed by atoms with Crippen molar-refractivity contribution in [2.45, 2.75) is 39.7 Å². The van der Waals surface area contributed by atoms with Crippen molar-refractivity contribution >= 4 is 23.2 Å². The molecule has 0 bridgehead atoms. The highest BCUT2D eigenvalue weighted by Crippen LogP contribution is 2.30. The Balaban J connectivity index is 2.31. The van der Waals surface area contributed by atoms with Crippen LogP contribution in [0.4, 0.5) is 5.95 Å². The van der Waals surface area contributed by atoms with E-state index in [2.05, 4.69) is 28.7 Å². The van der Waals surface area contributed by atoms with E-state index in [-0.39, 0.29) is 0 Å². The van der Waals surface area contributed by atoms with Crippen molar-refractivity contribution in [1.29, 1.82) is 0 Å². The van der Waals surface area contributed by atoms with Crippen molar-refractivity contribution in [3.05, 3.63) is 17.5 Å². The molecule has 0 aliphatic heterocycles. The summed E-state index contributed by atoms with van der Waals surface area (Å²) in [6.45, 7) is 7.34. The Morgan fingerprint density at radius 2 is 2.17 bits per heavy atom. The summed E-state index contributed by atoms with van der Waals surface area (Å²) in [5, 5.41) is 0. The maximum Gasteiger partial charge on any atom is 0.226 e. The number of hydrogen-bond donors (Lipinski definition) is 1. The number of nitrogens with zero attached hydrogens (tertiary/aromatic N) is 3. The van der Waals surface area contributed by atoms with Gasteiger partial charge in [0.05, 0.1) is 0 Å². The molecule has 0 saturated heterocycles. The lowest BCUT2D eigenvalue weighted by atomic mass is 10.2. The molecule has 0 aromatic carbocycles. The predicted octanol–water partition coefficient (Wildman–Crippen LogP) is 2.04. The lowest BCUT2D eigenvalue weighted by molar-refractivity contribution is 0.596. The molecule has 1 saturated carbocycles. The monoisotopic (exact) mass is 264 g/mol. The molecule has 1 heterocycles. The van der Waals surface area contributed by atoms with Gasteiger partial charge in [-0.15, -0.1) is 0 Å². The third kappa shape index (κ3) is 3.16. The van der Waals surface area contributed by atoms with E-state index in [1.807, 2.05) is 13.0 Å². The number of anilines is 1. The Labute approximate surface area is 114 Å². The number of aryl methyl sites for hydroxylation is 1. The first kappa shape index (κ1) is 13.2. The average Bonchev–Trinajstić information content (AvgIpc) is 3.08. The maximum atomic E-state index is 5.67. The van der Waals surface area contributed by atoms with Crippen LogP contribution in [0.5, 0.6) is 0 Å². The maximum absolute atomic E-state index is 5.67. The molecule has 1 aliphatic carbocycles. The van der Waals surface area contributed by atoms with Crippen LogP contribution in [0, 0.1) is 12.8 Å². The van der Waals surface area contributed by atoms with Crippen LogP contribution in [0.2, 0.25) is 0 Å². The van der Waals surface area contributed by atoms with E-state index >= 15 is 0 Å². The predicted molar refractivity (Wildman–Crippen MR) is 77.9 cm³/mol. The minimum atomic E-state index is 0.335. The number of nitrogens with two attached hydrogens (primary N) is 1. The molecule has 0 radical (unpaired) electrons. The highest BCUT2D eigenvalue weighted by atomic mass is 32.1. The minimum absolute atomic E-state index is 0.335. The van der Waals surface area contributed by atoms with Crippen molar-refractivity contribution in [2.75, 3.05) is 11.4 Å². The minimum Gasteiger partial charge on any atom is -0.388 e. The summed E-state index contributed by atoms with van der Waals surface area (Å²) in [4.78, 5) is 11.7. The zero-order valence-electron chi connectivity index (χ0n) is 11.2. The zero-order valence-corrected chi connectivity index (χ0v) is 12.0. The fraction of sp³-hybridized carbons (Fsp3) is 0.615. The van der Waals surface area contributed by atoms with Gasteiger partial charge in [-0.1, -0.05) is 26.1 Å². The van der Waals surface area contributed by atoms with Crippen LogP contribution in [-0.2, 0) is 0 Å². The summed E-state index contributed by atoms with van der Waals surface area (Å²) in [6.07, 6.45) is 2.46. The summed E-state index contributed by atoms with van der Waals surface area (Å²) in [5.41, 5.74) is 7.25. The van der Waals surface area contributed by atoms with Crippen molar-refractivity contribution < 1.29 is 0 Å². The van der Waals surface area contributed by atoms with Gasteiger partial charge in [-0.3, -0.25) is 0 Å². The van der Waals surface area contributed by atoms with Crippen LogP contribution in [0.1, 0.15) is 38.1 Å². The topological polar surface area (TPSA) is 55.0 Å². The Morgan fingerprint density at radius 1 is 1.50 bits per heavy atom. The smallest absolute Gasteiger partial charge is 0.226 e. The van der Waals surface area contributed by atoms with Crippen LogP contribution >= 0.6 is 12.2 Å². The first-order valence-electron chi connectivity index (χ1n) is 6.39. The van der Waals surface area contributed by atoms with Crippen molar-refractivity contribution in [3.63, 3.8) is 0 Å². The molecule has 0 unspecified atom stereocenters. The van der Waals surface area contributed by atoms with Gasteiger partial charge in [0.25, 0.3) is 0 Å². The third-order valence-corrected chi connectivity index (χ3v) is 3.11. The van der Waals surface area contributed by atoms with Crippen LogP contribution in [0.25, 0.3) is 0 Å². The molecule has 1 fully saturated rings. The van der Waals surface area contributed by atoms with Gasteiger partial charge in [-0.05, 0) is 31.7 Å². The Bertz CT molecular complexity index is 454. The van der Waals surface area contributed by atoms with E-state index in [4.69, 9.17) is 18.0 Å². The standard InChI is InChI=1S/C13H20N4S/c1-8(2)7-17(10-4-5-10)13-15-9(3)6-11(16-13)12(14)18/h6,8,10H,4-5,7H2,1-3H3,(H2,14,18). The molecule has 1 aromatic heterocycles. The van der Waals surface area contributed by atoms with Crippen molar-refractivity contribution in [3.8, 4) is 0 Å². The van der Waals surface area contributed by atoms with Crippen LogP contribution < -0.4 is 10.6 Å². The van der Waals surface area contributed by atoms with E-state index in [0.29, 0.717) is 22.6 Å². The average molecular weight is 264 g/mol. The third-order valence-electron chi connectivity index (χ3n) is 2.90. The fourth-order valence-corrected chi connectivity index (χ4v) is 2.09. The number of rotatable bonds is 5. The highest BCUT2D eigenvalue weighted by molar-refractivity contribution is 7.80. The van der Waals surface area contributed by atoms with Gasteiger partial charge in [0.15, 0.2) is 0 Å². The summed E-state index contributed by atoms with van der Waals surface area (Å²) in [5.74, 6) is 1.36. The summed E-state index contributed by atoms with van der Waals surface area (Å²) < 4.78 is 0. The van der Waals surface area contributed by atoms with Crippen LogP contribution in [-0.4, -0.2) is 27.5 Å². The summed E-state index contributed by atoms with van der Waals surface area (Å²) >= 11 is 5.01. The normalized spacial score (nSPS) is 14.9. The molecule has 0 atom stereocenters. The van der Waals surface area contributed by atoms with E-state index in [9.17, 15) is 0 Å². The Hall–Kier alpha value is -1.23. The van der Waals surface area contributed by atoms with E-state index in [0.717, 1.165) is 18.2 Å². The van der Waals surface area contributed by atoms with Gasteiger partial charge in [-0.2, -0.15) is 0 Å². The second kappa shape index (κ2) is 5.18. The molecule has 0 spiro atoms. The van der Waals surface area contributed by atoms with E-state index in [1.165, 1.54) is 12.8 Å². The van der Waals surface area contributed by atoms with E-state index < -0.39 is 0 Å². The molecule has 98 valence electrons. The number of hydrogen-bond acceptors (Lipinski definition) is 4. The van der Waals surface area contributed by atoms with Gasteiger partial charge in [0, 0.05) is 18.3 Å². The molecule has 0 amide bonds. The largest absolute Gasteiger partial charge is 0.388 e. The quantitative estimate of drug-likeness (QED) is 0.825. The van der Waals surface area contributed by atoms with Gasteiger partial charge in [-0.25, -0.2) is 9.97 Å². The second-order valence-electron chi connectivity index (χ2n) is 5.34. The lowest BCUT2D eigenvalue weighted by Gasteiger charge is -2.25. The highest BCUT2D eigenvalue weighted by Gasteiger charge is 2.31. The SMILES string of the molecule is Cc1cc(C(N)=S)nc(N(CC(C)C)C2CC2)n1. The summed E-state index contributed by atoms with van der Waals surface area (Å²) in [7, 11) is 0. The molecule has 1 aliphatic rings. The Kier molecular flexibility index (Phi) is 3.80. The van der Waals surface area contributed by atoms with Crippen LogP contribution in [0.3, 0.4) is 0 Å². The van der Waals surface area contributed by atoms with Gasteiger partial charge in [0.1, 0.15) is 10.7 Å².